The molecule has 1 unspecified atom stereocenters. The lowest BCUT2D eigenvalue weighted by Gasteiger charge is -2.33. The van der Waals surface area contributed by atoms with Gasteiger partial charge in [0.05, 0.1) is 0 Å². The zero-order valence-electron chi connectivity index (χ0n) is 15.4. The highest BCUT2D eigenvalue weighted by molar-refractivity contribution is 6.35. The fraction of sp³-hybridized carbons (Fsp3) is 0.350. The zero-order valence-corrected chi connectivity index (χ0v) is 17.7. The van der Waals surface area contributed by atoms with E-state index in [1.165, 1.54) is 11.1 Å². The van der Waals surface area contributed by atoms with E-state index in [0.29, 0.717) is 11.6 Å². The van der Waals surface area contributed by atoms with Crippen LogP contribution in [0.5, 0.6) is 0 Å². The van der Waals surface area contributed by atoms with Gasteiger partial charge in [-0.05, 0) is 54.4 Å². The van der Waals surface area contributed by atoms with Gasteiger partial charge in [0, 0.05) is 41.3 Å². The van der Waals surface area contributed by atoms with Crippen molar-refractivity contribution in [2.45, 2.75) is 25.8 Å². The molecule has 0 bridgehead atoms. The first-order chi connectivity index (χ1) is 12.5. The molecule has 4 nitrogen and oxygen atoms in total. The zero-order chi connectivity index (χ0) is 18.7. The van der Waals surface area contributed by atoms with E-state index < -0.39 is 0 Å². The first-order valence-electron chi connectivity index (χ1n) is 8.79. The fourth-order valence-corrected chi connectivity index (χ4v) is 3.91. The summed E-state index contributed by atoms with van der Waals surface area (Å²) < 4.78 is 0. The molecule has 1 atom stereocenters. The number of anilines is 1. The van der Waals surface area contributed by atoms with Crippen LogP contribution in [0.2, 0.25) is 10.0 Å². The summed E-state index contributed by atoms with van der Waals surface area (Å²) in [4.78, 5) is 14.0. The Morgan fingerprint density at radius 2 is 1.93 bits per heavy atom. The van der Waals surface area contributed by atoms with Crippen molar-refractivity contribution >= 4 is 47.3 Å². The molecule has 0 aliphatic carbocycles. The summed E-state index contributed by atoms with van der Waals surface area (Å²) in [6.45, 7) is 4.40. The molecule has 2 amide bonds. The van der Waals surface area contributed by atoms with Crippen molar-refractivity contribution in [3.63, 3.8) is 0 Å². The molecule has 2 aromatic rings. The third kappa shape index (κ3) is 5.29. The van der Waals surface area contributed by atoms with E-state index in [-0.39, 0.29) is 24.4 Å². The second-order valence-electron chi connectivity index (χ2n) is 6.71. The molecule has 3 rings (SSSR count). The monoisotopic (exact) mass is 427 g/mol. The van der Waals surface area contributed by atoms with Crippen LogP contribution in [0.4, 0.5) is 10.5 Å². The van der Waals surface area contributed by atoms with Crippen LogP contribution in [0.25, 0.3) is 0 Å². The Bertz CT molecular complexity index is 796. The first-order valence-corrected chi connectivity index (χ1v) is 9.54. The Hall–Kier alpha value is -1.46. The lowest BCUT2D eigenvalue weighted by molar-refractivity contribution is 0.252. The van der Waals surface area contributed by atoms with Crippen molar-refractivity contribution in [3.05, 3.63) is 63.1 Å². The number of nitrogens with zero attached hydrogens (tertiary/aromatic N) is 1. The average Bonchev–Trinajstić information content (AvgIpc) is 2.61. The van der Waals surface area contributed by atoms with Crippen LogP contribution < -0.4 is 10.6 Å². The van der Waals surface area contributed by atoms with Gasteiger partial charge in [0.25, 0.3) is 0 Å². The van der Waals surface area contributed by atoms with Gasteiger partial charge in [0.2, 0.25) is 0 Å². The van der Waals surface area contributed by atoms with Gasteiger partial charge in [0.1, 0.15) is 0 Å². The standard InChI is InChI=1S/C20H23Cl2N3O.ClH/c1-3-8-23-20(26)24-15-6-4-13(5-7-15)17-11-25(2)12-18-16(17)9-14(21)10-19(18)22;/h4-7,9-10,17H,3,8,11-12H2,1-2H3,(H2,23,24,26);1H. The predicted octanol–water partition coefficient (Wildman–Crippen LogP) is 5.52. The van der Waals surface area contributed by atoms with Crippen molar-refractivity contribution in [2.24, 2.45) is 0 Å². The minimum absolute atomic E-state index is 0. The van der Waals surface area contributed by atoms with Crippen molar-refractivity contribution in [1.29, 1.82) is 0 Å². The van der Waals surface area contributed by atoms with Crippen LogP contribution in [0.15, 0.2) is 36.4 Å². The number of fused-ring (bicyclic) bond motifs is 1. The highest BCUT2D eigenvalue weighted by atomic mass is 35.5. The molecule has 146 valence electrons. The van der Waals surface area contributed by atoms with E-state index >= 15 is 0 Å². The third-order valence-electron chi connectivity index (χ3n) is 4.60. The molecule has 2 aromatic carbocycles. The summed E-state index contributed by atoms with van der Waals surface area (Å²) in [5.74, 6) is 0.197. The molecule has 0 fully saturated rings. The fourth-order valence-electron chi connectivity index (χ4n) is 3.34. The molecule has 1 heterocycles. The van der Waals surface area contributed by atoms with Crippen LogP contribution in [0, 0.1) is 0 Å². The normalized spacial score (nSPS) is 16.2. The summed E-state index contributed by atoms with van der Waals surface area (Å²) in [7, 11) is 2.09. The number of hydrogen-bond acceptors (Lipinski definition) is 2. The van der Waals surface area contributed by atoms with Crippen molar-refractivity contribution in [2.75, 3.05) is 25.5 Å². The summed E-state index contributed by atoms with van der Waals surface area (Å²) in [5, 5.41) is 7.03. The minimum atomic E-state index is -0.180. The van der Waals surface area contributed by atoms with Gasteiger partial charge in [-0.2, -0.15) is 0 Å². The molecular formula is C20H24Cl3N3O. The molecule has 27 heavy (non-hydrogen) atoms. The molecule has 2 N–H and O–H groups in total. The lowest BCUT2D eigenvalue weighted by atomic mass is 9.85. The highest BCUT2D eigenvalue weighted by Gasteiger charge is 2.27. The van der Waals surface area contributed by atoms with E-state index in [4.69, 9.17) is 23.2 Å². The van der Waals surface area contributed by atoms with Gasteiger partial charge in [0.15, 0.2) is 0 Å². The van der Waals surface area contributed by atoms with Gasteiger partial charge < -0.3 is 15.5 Å². The molecule has 0 saturated heterocycles. The van der Waals surface area contributed by atoms with E-state index in [1.54, 1.807) is 6.07 Å². The van der Waals surface area contributed by atoms with E-state index in [9.17, 15) is 4.79 Å². The molecule has 0 aromatic heterocycles. The molecule has 1 aliphatic rings. The second kappa shape index (κ2) is 9.65. The maximum Gasteiger partial charge on any atom is 0.319 e. The van der Waals surface area contributed by atoms with E-state index in [1.807, 2.05) is 25.1 Å². The molecule has 0 radical (unpaired) electrons. The minimum Gasteiger partial charge on any atom is -0.338 e. The number of hydrogen-bond donors (Lipinski definition) is 2. The summed E-state index contributed by atoms with van der Waals surface area (Å²) in [6, 6.07) is 11.6. The van der Waals surface area contributed by atoms with Gasteiger partial charge >= 0.3 is 6.03 Å². The third-order valence-corrected chi connectivity index (χ3v) is 5.15. The second-order valence-corrected chi connectivity index (χ2v) is 7.55. The molecule has 0 spiro atoms. The summed E-state index contributed by atoms with van der Waals surface area (Å²) >= 11 is 12.7. The number of nitrogens with one attached hydrogen (secondary N) is 2. The van der Waals surface area contributed by atoms with Gasteiger partial charge in [-0.15, -0.1) is 12.4 Å². The Labute approximate surface area is 176 Å². The van der Waals surface area contributed by atoms with Crippen LogP contribution in [0.3, 0.4) is 0 Å². The molecular weight excluding hydrogens is 405 g/mol. The number of carbonyl (C=O) groups excluding carboxylic acids is 1. The Balaban J connectivity index is 0.00000261. The first kappa shape index (κ1) is 21.8. The van der Waals surface area contributed by atoms with Crippen LogP contribution in [0.1, 0.15) is 36.0 Å². The maximum atomic E-state index is 11.8. The van der Waals surface area contributed by atoms with Crippen molar-refractivity contribution in [1.82, 2.24) is 10.2 Å². The number of rotatable bonds is 4. The lowest BCUT2D eigenvalue weighted by Crippen LogP contribution is -2.31. The number of benzene rings is 2. The largest absolute Gasteiger partial charge is 0.338 e. The van der Waals surface area contributed by atoms with E-state index in [2.05, 4.69) is 34.7 Å². The van der Waals surface area contributed by atoms with Crippen molar-refractivity contribution < 1.29 is 4.79 Å². The number of amides is 2. The van der Waals surface area contributed by atoms with Crippen molar-refractivity contribution in [3.8, 4) is 0 Å². The Kier molecular flexibility index (Phi) is 7.80. The van der Waals surface area contributed by atoms with Crippen LogP contribution in [-0.4, -0.2) is 31.1 Å². The SMILES string of the molecule is CCCNC(=O)Nc1ccc(C2CN(C)Cc3c(Cl)cc(Cl)cc32)cc1.Cl. The van der Waals surface area contributed by atoms with Gasteiger partial charge in [-0.3, -0.25) is 0 Å². The number of likely N-dealkylation sites (N-methyl/N-ethyl adjacent to an activating group) is 1. The number of halogens is 3. The predicted molar refractivity (Wildman–Crippen MR) is 116 cm³/mol. The van der Waals surface area contributed by atoms with Crippen LogP contribution >= 0.6 is 35.6 Å². The Morgan fingerprint density at radius 1 is 1.22 bits per heavy atom. The quantitative estimate of drug-likeness (QED) is 0.673. The average molecular weight is 429 g/mol. The number of carbonyl (C=O) groups is 1. The van der Waals surface area contributed by atoms with Gasteiger partial charge in [-0.1, -0.05) is 42.3 Å². The summed E-state index contributed by atoms with van der Waals surface area (Å²) in [5.41, 5.74) is 4.27. The highest BCUT2D eigenvalue weighted by Crippen LogP contribution is 2.38. The Morgan fingerprint density at radius 3 is 2.59 bits per heavy atom. The topological polar surface area (TPSA) is 44.4 Å². The van der Waals surface area contributed by atoms with E-state index in [0.717, 1.165) is 35.8 Å². The summed E-state index contributed by atoms with van der Waals surface area (Å²) in [6.07, 6.45) is 0.909. The molecule has 1 aliphatic heterocycles. The molecule has 0 saturated carbocycles. The van der Waals surface area contributed by atoms with Crippen LogP contribution in [-0.2, 0) is 6.54 Å². The number of urea groups is 1. The van der Waals surface area contributed by atoms with Gasteiger partial charge in [-0.25, -0.2) is 4.79 Å². The maximum absolute atomic E-state index is 11.8. The molecule has 7 heteroatoms. The smallest absolute Gasteiger partial charge is 0.319 e.